The van der Waals surface area contributed by atoms with Crippen LogP contribution < -0.4 is 5.32 Å². The molecule has 0 fully saturated rings. The molecule has 9 nitrogen and oxygen atoms in total. The largest absolute Gasteiger partial charge is 0.457 e. The summed E-state index contributed by atoms with van der Waals surface area (Å²) in [4.78, 5) is 51.5. The van der Waals surface area contributed by atoms with Crippen molar-refractivity contribution >= 4 is 23.4 Å². The molecule has 1 aliphatic heterocycles. The summed E-state index contributed by atoms with van der Waals surface area (Å²) in [6.45, 7) is 11.3. The second kappa shape index (κ2) is 16.3. The lowest BCUT2D eigenvalue weighted by Gasteiger charge is -2.30. The van der Waals surface area contributed by atoms with Gasteiger partial charge >= 0.3 is 5.97 Å². The molecule has 0 saturated carbocycles. The van der Waals surface area contributed by atoms with E-state index in [9.17, 15) is 34.5 Å². The van der Waals surface area contributed by atoms with Gasteiger partial charge in [0.2, 0.25) is 5.78 Å². The highest BCUT2D eigenvalue weighted by atomic mass is 16.5. The third kappa shape index (κ3) is 9.31. The van der Waals surface area contributed by atoms with Crippen molar-refractivity contribution < 1.29 is 39.2 Å². The standard InChI is InChI=1S/C33H45NO8/c1-7-8-12-26-27-14-19(2)13-25(18-36)30(39)21(4)15-22(5)32(42-23(6)37)24(17-35)11-9-10-20(3)33(41)34-28(31(27)40)16-29(26)38/h7,9-11,15-16,19,21,24-25,30,32,35-36,39H,1,8,12-14,17-18H2,2-6H3,(H,34,41)/b11-9-,20-10+,22-15+/t19-,21-,24+,25+,30+,32-/m0/s1. The third-order valence-electron chi connectivity index (χ3n) is 7.75. The molecule has 42 heavy (non-hydrogen) atoms. The van der Waals surface area contributed by atoms with E-state index in [4.69, 9.17) is 4.74 Å². The molecule has 4 N–H and O–H groups in total. The van der Waals surface area contributed by atoms with Gasteiger partial charge in [-0.15, -0.1) is 6.58 Å². The number of amides is 1. The van der Waals surface area contributed by atoms with Gasteiger partial charge in [-0.05, 0) is 51.0 Å². The van der Waals surface area contributed by atoms with Crippen LogP contribution in [0.15, 0.2) is 71.0 Å². The predicted octanol–water partition coefficient (Wildman–Crippen LogP) is 3.43. The molecule has 2 aliphatic rings. The summed E-state index contributed by atoms with van der Waals surface area (Å²) < 4.78 is 5.54. The number of Topliss-reactive ketones (excluding diaryl/α,β-unsaturated/α-hetero) is 1. The summed E-state index contributed by atoms with van der Waals surface area (Å²) in [7, 11) is 0. The molecule has 0 unspecified atom stereocenters. The number of aliphatic hydroxyl groups is 3. The van der Waals surface area contributed by atoms with Gasteiger partial charge < -0.3 is 25.4 Å². The summed E-state index contributed by atoms with van der Waals surface area (Å²) >= 11 is 0. The maximum Gasteiger partial charge on any atom is 0.303 e. The van der Waals surface area contributed by atoms with Gasteiger partial charge in [-0.2, -0.15) is 0 Å². The van der Waals surface area contributed by atoms with Gasteiger partial charge in [0.05, 0.1) is 18.4 Å². The molecule has 0 aromatic carbocycles. The van der Waals surface area contributed by atoms with E-state index in [1.165, 1.54) is 13.0 Å². The van der Waals surface area contributed by atoms with E-state index in [0.717, 1.165) is 6.08 Å². The lowest BCUT2D eigenvalue weighted by molar-refractivity contribution is -0.146. The average molecular weight is 584 g/mol. The summed E-state index contributed by atoms with van der Waals surface area (Å²) in [5.74, 6) is -3.75. The van der Waals surface area contributed by atoms with Crippen molar-refractivity contribution in [1.29, 1.82) is 0 Å². The van der Waals surface area contributed by atoms with Crippen molar-refractivity contribution in [2.45, 2.75) is 72.5 Å². The van der Waals surface area contributed by atoms with Crippen molar-refractivity contribution in [1.82, 2.24) is 5.32 Å². The van der Waals surface area contributed by atoms with Crippen molar-refractivity contribution in [2.24, 2.45) is 23.7 Å². The molecule has 230 valence electrons. The quantitative estimate of drug-likeness (QED) is 0.211. The van der Waals surface area contributed by atoms with Crippen LogP contribution in [0.3, 0.4) is 0 Å². The Morgan fingerprint density at radius 1 is 1.17 bits per heavy atom. The van der Waals surface area contributed by atoms with Gasteiger partial charge in [-0.25, -0.2) is 0 Å². The first-order chi connectivity index (χ1) is 19.8. The number of hydrogen-bond donors (Lipinski definition) is 4. The van der Waals surface area contributed by atoms with Crippen LogP contribution in [-0.4, -0.2) is 64.2 Å². The monoisotopic (exact) mass is 583 g/mol. The fourth-order valence-corrected chi connectivity index (χ4v) is 5.46. The van der Waals surface area contributed by atoms with Gasteiger partial charge in [-0.1, -0.05) is 44.2 Å². The highest BCUT2D eigenvalue weighted by Gasteiger charge is 2.32. The van der Waals surface area contributed by atoms with Crippen molar-refractivity contribution in [2.75, 3.05) is 13.2 Å². The first kappa shape index (κ1) is 34.8. The molecule has 9 heteroatoms. The SMILES string of the molecule is C=CCCC1=C2C[C@@H](C)C[C@H](CO)[C@H](O)[C@@H](C)/C=C(\C)[C@H](OC(C)=O)[C@@H](CO)/C=C\C=C(/C)C(=O)NC(=CC1=O)C2=O. The molecule has 0 radical (unpaired) electrons. The van der Waals surface area contributed by atoms with E-state index in [-0.39, 0.29) is 42.6 Å². The maximum absolute atomic E-state index is 13.6. The van der Waals surface area contributed by atoms with E-state index in [0.29, 0.717) is 36.0 Å². The fraction of sp³-hybridized carbons (Fsp3) is 0.515. The zero-order chi connectivity index (χ0) is 31.6. The van der Waals surface area contributed by atoms with E-state index >= 15 is 0 Å². The van der Waals surface area contributed by atoms with Gasteiger partial charge in [0.1, 0.15) is 6.10 Å². The van der Waals surface area contributed by atoms with E-state index < -0.39 is 47.6 Å². The first-order valence-electron chi connectivity index (χ1n) is 14.4. The number of hydrogen-bond acceptors (Lipinski definition) is 8. The van der Waals surface area contributed by atoms with Crippen LogP contribution in [0.25, 0.3) is 0 Å². The zero-order valence-corrected chi connectivity index (χ0v) is 25.3. The van der Waals surface area contributed by atoms with Crippen LogP contribution in [-0.2, 0) is 23.9 Å². The third-order valence-corrected chi connectivity index (χ3v) is 7.75. The summed E-state index contributed by atoms with van der Waals surface area (Å²) in [6.07, 6.45) is 8.87. The highest BCUT2D eigenvalue weighted by Crippen LogP contribution is 2.32. The number of aliphatic hydroxyl groups excluding tert-OH is 3. The molecule has 0 spiro atoms. The number of esters is 1. The van der Waals surface area contributed by atoms with Gasteiger partial charge in [0.25, 0.3) is 5.91 Å². The maximum atomic E-state index is 13.6. The van der Waals surface area contributed by atoms with Gasteiger partial charge in [0, 0.05) is 54.1 Å². The Balaban J connectivity index is 2.62. The molecule has 6 atom stereocenters. The lowest BCUT2D eigenvalue weighted by Crippen LogP contribution is -2.34. The lowest BCUT2D eigenvalue weighted by atomic mass is 9.79. The number of ether oxygens (including phenoxy) is 1. The Morgan fingerprint density at radius 2 is 1.86 bits per heavy atom. The van der Waals surface area contributed by atoms with Crippen LogP contribution in [0.1, 0.15) is 60.3 Å². The summed E-state index contributed by atoms with van der Waals surface area (Å²) in [5, 5.41) is 34.1. The predicted molar refractivity (Wildman–Crippen MR) is 160 cm³/mol. The minimum Gasteiger partial charge on any atom is -0.457 e. The van der Waals surface area contributed by atoms with Gasteiger partial charge in [0.15, 0.2) is 5.78 Å². The molecular formula is C33H45NO8. The normalized spacial score (nSPS) is 31.7. The molecule has 2 bridgehead atoms. The summed E-state index contributed by atoms with van der Waals surface area (Å²) in [6, 6.07) is 0. The van der Waals surface area contributed by atoms with Crippen LogP contribution >= 0.6 is 0 Å². The van der Waals surface area contributed by atoms with Gasteiger partial charge in [-0.3, -0.25) is 19.2 Å². The number of nitrogens with one attached hydrogen (secondary N) is 1. The Labute approximate surface area is 248 Å². The highest BCUT2D eigenvalue weighted by molar-refractivity contribution is 6.23. The first-order valence-corrected chi connectivity index (χ1v) is 14.4. The average Bonchev–Trinajstić information content (AvgIpc) is 2.94. The molecule has 0 saturated heterocycles. The number of fused-ring (bicyclic) bond motifs is 2. The van der Waals surface area contributed by atoms with Crippen molar-refractivity contribution in [3.8, 4) is 0 Å². The number of allylic oxidation sites excluding steroid dienone is 6. The molecule has 0 aromatic heterocycles. The molecule has 1 aliphatic carbocycles. The zero-order valence-electron chi connectivity index (χ0n) is 25.3. The van der Waals surface area contributed by atoms with Crippen LogP contribution in [0.4, 0.5) is 0 Å². The minimum atomic E-state index is -0.964. The fourth-order valence-electron chi connectivity index (χ4n) is 5.46. The van der Waals surface area contributed by atoms with E-state index in [1.54, 1.807) is 45.1 Å². The van der Waals surface area contributed by atoms with E-state index in [1.807, 2.05) is 6.92 Å². The minimum absolute atomic E-state index is 0.112. The molecule has 0 aromatic rings. The molecule has 2 rings (SSSR count). The Kier molecular flexibility index (Phi) is 13.5. The molecular weight excluding hydrogens is 538 g/mol. The molecule has 1 amide bonds. The number of carbonyl (C=O) groups is 4. The number of carbonyl (C=O) groups excluding carboxylic acids is 4. The Hall–Kier alpha value is -3.40. The number of rotatable bonds is 6. The Morgan fingerprint density at radius 3 is 2.45 bits per heavy atom. The summed E-state index contributed by atoms with van der Waals surface area (Å²) in [5.41, 5.74) is 1.45. The van der Waals surface area contributed by atoms with Crippen LogP contribution in [0.2, 0.25) is 0 Å². The smallest absolute Gasteiger partial charge is 0.303 e. The second-order valence-corrected chi connectivity index (χ2v) is 11.3. The number of ketones is 2. The van der Waals surface area contributed by atoms with Crippen molar-refractivity contribution in [3.05, 3.63) is 71.0 Å². The second-order valence-electron chi connectivity index (χ2n) is 11.3. The molecule has 1 heterocycles. The van der Waals surface area contributed by atoms with Crippen molar-refractivity contribution in [3.63, 3.8) is 0 Å². The van der Waals surface area contributed by atoms with E-state index in [2.05, 4.69) is 11.9 Å². The Bertz CT molecular complexity index is 1200. The topological polar surface area (TPSA) is 150 Å². The van der Waals surface area contributed by atoms with Crippen LogP contribution in [0.5, 0.6) is 0 Å². The van der Waals surface area contributed by atoms with Crippen LogP contribution in [0, 0.1) is 23.7 Å².